The molecular weight excluding hydrogens is 276 g/mol. The van der Waals surface area contributed by atoms with Crippen molar-refractivity contribution in [3.05, 3.63) is 23.8 Å². The zero-order valence-corrected chi connectivity index (χ0v) is 13.9. The molecule has 4 heteroatoms. The molecule has 4 nitrogen and oxygen atoms in total. The number of carbonyl (C=O) groups is 1. The van der Waals surface area contributed by atoms with E-state index in [2.05, 4.69) is 10.6 Å². The zero-order chi connectivity index (χ0) is 15.9. The Bertz CT molecular complexity index is 494. The lowest BCUT2D eigenvalue weighted by atomic mass is 9.93. The molecule has 1 amide bonds. The van der Waals surface area contributed by atoms with Crippen LogP contribution in [-0.4, -0.2) is 25.1 Å². The maximum absolute atomic E-state index is 12.1. The van der Waals surface area contributed by atoms with Crippen molar-refractivity contribution in [3.63, 3.8) is 0 Å². The van der Waals surface area contributed by atoms with Crippen molar-refractivity contribution in [2.45, 2.75) is 52.6 Å². The van der Waals surface area contributed by atoms with Gasteiger partial charge in [-0.25, -0.2) is 0 Å². The van der Waals surface area contributed by atoms with Crippen molar-refractivity contribution in [1.29, 1.82) is 0 Å². The van der Waals surface area contributed by atoms with Gasteiger partial charge in [-0.2, -0.15) is 0 Å². The summed E-state index contributed by atoms with van der Waals surface area (Å²) in [6.45, 7) is 8.19. The fourth-order valence-electron chi connectivity index (χ4n) is 2.84. The number of piperidine rings is 1. The summed E-state index contributed by atoms with van der Waals surface area (Å²) < 4.78 is 5.71. The molecule has 0 spiro atoms. The smallest absolute Gasteiger partial charge is 0.224 e. The summed E-state index contributed by atoms with van der Waals surface area (Å²) in [6.07, 6.45) is 4.13. The van der Waals surface area contributed by atoms with Crippen molar-refractivity contribution in [2.24, 2.45) is 5.92 Å². The van der Waals surface area contributed by atoms with Crippen LogP contribution in [0.15, 0.2) is 18.2 Å². The Morgan fingerprint density at radius 2 is 2.09 bits per heavy atom. The Hall–Kier alpha value is -1.55. The van der Waals surface area contributed by atoms with Crippen molar-refractivity contribution in [2.75, 3.05) is 18.4 Å². The van der Waals surface area contributed by atoms with Gasteiger partial charge in [0.2, 0.25) is 5.91 Å². The third kappa shape index (κ3) is 5.34. The largest absolute Gasteiger partial charge is 0.491 e. The monoisotopic (exact) mass is 304 g/mol. The van der Waals surface area contributed by atoms with E-state index in [9.17, 15) is 4.79 Å². The normalized spacial score (nSPS) is 15.8. The summed E-state index contributed by atoms with van der Waals surface area (Å²) in [4.78, 5) is 12.1. The van der Waals surface area contributed by atoms with E-state index in [-0.39, 0.29) is 12.0 Å². The van der Waals surface area contributed by atoms with Gasteiger partial charge in [0.15, 0.2) is 0 Å². The molecular formula is C18H28N2O2. The van der Waals surface area contributed by atoms with Crippen LogP contribution < -0.4 is 15.4 Å². The summed E-state index contributed by atoms with van der Waals surface area (Å²) in [5, 5.41) is 6.35. The third-order valence-corrected chi connectivity index (χ3v) is 4.06. The van der Waals surface area contributed by atoms with E-state index >= 15 is 0 Å². The van der Waals surface area contributed by atoms with Crippen LogP contribution in [0.3, 0.4) is 0 Å². The molecule has 1 aromatic carbocycles. The second-order valence-corrected chi connectivity index (χ2v) is 6.43. The molecule has 1 heterocycles. The summed E-state index contributed by atoms with van der Waals surface area (Å²) in [6, 6.07) is 5.81. The maximum atomic E-state index is 12.1. The first-order valence-corrected chi connectivity index (χ1v) is 8.32. The zero-order valence-electron chi connectivity index (χ0n) is 13.9. The first-order valence-electron chi connectivity index (χ1n) is 8.32. The minimum absolute atomic E-state index is 0.107. The van der Waals surface area contributed by atoms with E-state index in [0.717, 1.165) is 36.5 Å². The lowest BCUT2D eigenvalue weighted by Crippen LogP contribution is -2.28. The van der Waals surface area contributed by atoms with Crippen molar-refractivity contribution < 1.29 is 9.53 Å². The Balaban J connectivity index is 1.82. The summed E-state index contributed by atoms with van der Waals surface area (Å²) >= 11 is 0. The molecule has 1 fully saturated rings. The fourth-order valence-corrected chi connectivity index (χ4v) is 2.84. The average molecular weight is 304 g/mol. The van der Waals surface area contributed by atoms with E-state index < -0.39 is 0 Å². The molecule has 0 atom stereocenters. The number of nitrogens with one attached hydrogen (secondary N) is 2. The van der Waals surface area contributed by atoms with Gasteiger partial charge in [-0.3, -0.25) is 4.79 Å². The van der Waals surface area contributed by atoms with Crippen LogP contribution in [0.2, 0.25) is 0 Å². The molecule has 1 aromatic rings. The molecule has 122 valence electrons. The van der Waals surface area contributed by atoms with Gasteiger partial charge in [-0.05, 0) is 82.8 Å². The molecule has 0 radical (unpaired) electrons. The number of carbonyl (C=O) groups excluding carboxylic acids is 1. The van der Waals surface area contributed by atoms with Crippen LogP contribution in [0.5, 0.6) is 5.75 Å². The molecule has 0 unspecified atom stereocenters. The Morgan fingerprint density at radius 3 is 2.73 bits per heavy atom. The number of hydrogen-bond donors (Lipinski definition) is 2. The van der Waals surface area contributed by atoms with E-state index in [1.54, 1.807) is 0 Å². The van der Waals surface area contributed by atoms with Gasteiger partial charge < -0.3 is 15.4 Å². The quantitative estimate of drug-likeness (QED) is 0.845. The predicted molar refractivity (Wildman–Crippen MR) is 90.4 cm³/mol. The predicted octanol–water partition coefficient (Wildman–Crippen LogP) is 3.50. The number of benzene rings is 1. The third-order valence-electron chi connectivity index (χ3n) is 4.06. The van der Waals surface area contributed by atoms with E-state index in [4.69, 9.17) is 4.74 Å². The molecule has 22 heavy (non-hydrogen) atoms. The van der Waals surface area contributed by atoms with Gasteiger partial charge in [0, 0.05) is 12.1 Å². The molecule has 1 aliphatic rings. The highest BCUT2D eigenvalue weighted by Gasteiger charge is 2.14. The van der Waals surface area contributed by atoms with Crippen molar-refractivity contribution in [3.8, 4) is 5.75 Å². The van der Waals surface area contributed by atoms with Crippen LogP contribution in [0.1, 0.15) is 45.1 Å². The van der Waals surface area contributed by atoms with Gasteiger partial charge in [-0.1, -0.05) is 0 Å². The van der Waals surface area contributed by atoms with Crippen LogP contribution in [0.25, 0.3) is 0 Å². The highest BCUT2D eigenvalue weighted by Crippen LogP contribution is 2.23. The highest BCUT2D eigenvalue weighted by molar-refractivity contribution is 5.90. The first-order chi connectivity index (χ1) is 10.5. The Morgan fingerprint density at radius 1 is 1.36 bits per heavy atom. The lowest BCUT2D eigenvalue weighted by molar-refractivity contribution is -0.116. The van der Waals surface area contributed by atoms with E-state index in [1.807, 2.05) is 39.0 Å². The fraction of sp³-hybridized carbons (Fsp3) is 0.611. The first kappa shape index (κ1) is 16.8. The summed E-state index contributed by atoms with van der Waals surface area (Å²) in [7, 11) is 0. The Labute approximate surface area is 133 Å². The molecule has 0 bridgehead atoms. The van der Waals surface area contributed by atoms with Gasteiger partial charge in [-0.15, -0.1) is 0 Å². The molecule has 2 N–H and O–H groups in total. The van der Waals surface area contributed by atoms with Crippen LogP contribution in [0, 0.1) is 12.8 Å². The number of aryl methyl sites for hydroxylation is 1. The molecule has 0 aromatic heterocycles. The second kappa shape index (κ2) is 8.18. The van der Waals surface area contributed by atoms with E-state index in [1.165, 1.54) is 12.8 Å². The second-order valence-electron chi connectivity index (χ2n) is 6.43. The molecule has 1 saturated heterocycles. The van der Waals surface area contributed by atoms with Crippen LogP contribution in [-0.2, 0) is 4.79 Å². The minimum Gasteiger partial charge on any atom is -0.491 e. The summed E-state index contributed by atoms with van der Waals surface area (Å²) in [5.41, 5.74) is 1.90. The summed E-state index contributed by atoms with van der Waals surface area (Å²) in [5.74, 6) is 1.67. The van der Waals surface area contributed by atoms with Crippen molar-refractivity contribution >= 4 is 11.6 Å². The average Bonchev–Trinajstić information content (AvgIpc) is 2.49. The van der Waals surface area contributed by atoms with Gasteiger partial charge >= 0.3 is 0 Å². The maximum Gasteiger partial charge on any atom is 0.224 e. The van der Waals surface area contributed by atoms with Crippen molar-refractivity contribution in [1.82, 2.24) is 5.32 Å². The molecule has 1 aliphatic heterocycles. The number of anilines is 1. The molecule has 2 rings (SSSR count). The molecule has 0 saturated carbocycles. The standard InChI is InChI=1S/C18H28N2O2/c1-13(2)22-17-6-5-16(12-14(17)3)20-18(21)7-4-15-8-10-19-11-9-15/h5-6,12-13,15,19H,4,7-11H2,1-3H3,(H,20,21). The highest BCUT2D eigenvalue weighted by atomic mass is 16.5. The van der Waals surface area contributed by atoms with Crippen LogP contribution >= 0.6 is 0 Å². The minimum atomic E-state index is 0.107. The van der Waals surface area contributed by atoms with Gasteiger partial charge in [0.25, 0.3) is 0 Å². The number of amides is 1. The van der Waals surface area contributed by atoms with Crippen LogP contribution in [0.4, 0.5) is 5.69 Å². The number of rotatable bonds is 6. The topological polar surface area (TPSA) is 50.4 Å². The molecule has 0 aliphatic carbocycles. The lowest BCUT2D eigenvalue weighted by Gasteiger charge is -2.22. The number of ether oxygens (including phenoxy) is 1. The number of hydrogen-bond acceptors (Lipinski definition) is 3. The Kier molecular flexibility index (Phi) is 6.25. The van der Waals surface area contributed by atoms with Gasteiger partial charge in [0.1, 0.15) is 5.75 Å². The SMILES string of the molecule is Cc1cc(NC(=O)CCC2CCNCC2)ccc1OC(C)C. The van der Waals surface area contributed by atoms with Gasteiger partial charge in [0.05, 0.1) is 6.10 Å². The van der Waals surface area contributed by atoms with E-state index in [0.29, 0.717) is 12.3 Å².